The zero-order valence-electron chi connectivity index (χ0n) is 40.6. The predicted octanol–water partition coefficient (Wildman–Crippen LogP) is 5.71. The van der Waals surface area contributed by atoms with Crippen LogP contribution in [-0.4, -0.2) is 107 Å². The van der Waals surface area contributed by atoms with Crippen molar-refractivity contribution in [2.45, 2.75) is 91.1 Å². The van der Waals surface area contributed by atoms with E-state index in [9.17, 15) is 33.8 Å². The van der Waals surface area contributed by atoms with Gasteiger partial charge in [-0.1, -0.05) is 20.4 Å². The maximum Gasteiger partial charge on any atom is 0.470 e. The van der Waals surface area contributed by atoms with E-state index in [4.69, 9.17) is 9.51 Å². The number of hydrogen-bond acceptors (Lipinski definition) is 13. The Kier molecular flexibility index (Phi) is 13.1. The first-order valence-corrected chi connectivity index (χ1v) is 25.3. The third kappa shape index (κ3) is 9.78. The number of phosphoric acid groups is 1. The van der Waals surface area contributed by atoms with E-state index in [1.165, 1.54) is 21.9 Å². The molecule has 5 aromatic rings. The van der Waals surface area contributed by atoms with E-state index in [0.29, 0.717) is 71.1 Å². The molecule has 70 heavy (non-hydrogen) atoms. The van der Waals surface area contributed by atoms with E-state index in [0.717, 1.165) is 63.2 Å². The molecule has 0 bridgehead atoms. The number of nitrogens with one attached hydrogen (secondary N) is 2. The number of rotatable bonds is 13. The summed E-state index contributed by atoms with van der Waals surface area (Å²) in [5, 5.41) is 17.0. The summed E-state index contributed by atoms with van der Waals surface area (Å²) >= 11 is 0. The highest BCUT2D eigenvalue weighted by molar-refractivity contribution is 7.46. The topological polar surface area (TPSA) is 224 Å². The van der Waals surface area contributed by atoms with Crippen molar-refractivity contribution in [2.24, 2.45) is 12.5 Å². The van der Waals surface area contributed by atoms with Crippen LogP contribution < -0.4 is 30.9 Å². The molecule has 0 unspecified atom stereocenters. The molecule has 370 valence electrons. The second kappa shape index (κ2) is 18.8. The first-order valence-electron chi connectivity index (χ1n) is 23.8. The molecule has 0 spiro atoms. The summed E-state index contributed by atoms with van der Waals surface area (Å²) in [6.45, 7) is 18.0. The normalized spacial score (nSPS) is 18.7. The van der Waals surface area contributed by atoms with Crippen LogP contribution >= 0.6 is 7.82 Å². The second-order valence-corrected chi connectivity index (χ2v) is 21.3. The van der Waals surface area contributed by atoms with E-state index < -0.39 is 25.6 Å². The number of hydrogen-bond donors (Lipinski definition) is 5. The summed E-state index contributed by atoms with van der Waals surface area (Å²) in [6.07, 6.45) is 9.73. The first kappa shape index (κ1) is 48.8. The van der Waals surface area contributed by atoms with Gasteiger partial charge in [-0.05, 0) is 106 Å². The van der Waals surface area contributed by atoms with E-state index >= 15 is 0 Å². The summed E-state index contributed by atoms with van der Waals surface area (Å²) in [5.74, 6) is -0.190. The Morgan fingerprint density at radius 1 is 1.00 bits per heavy atom. The van der Waals surface area contributed by atoms with Gasteiger partial charge in [-0.2, -0.15) is 0 Å². The minimum Gasteiger partial charge on any atom is -0.392 e. The zero-order chi connectivity index (χ0) is 49.9. The molecular weight excluding hydrogens is 914 g/mol. The number of piperazine rings is 1. The standard InChI is InChI=1S/C50H62N11O8P/c1-8-44(63)54-38-24-33(9-10-40(38)59-20-19-58(28-31(59)2)34-13-17-57(18-14-34)35-11-15-51-43(25-35)50(5,6)69-70(66,67)68)53-45-48(65)56(7)29-39(55-45)36-12-16-52-46(37(36)30-62)61-22-21-60-41(47(61)64)23-32-26-49(3,4)27-42(32)60/h8-12,15-16,23-25,29,31,34,62H,1,13-14,17-22,26-28,30H2,2-7H3,(H,53,55)(H,54,63)(H2,66,67,68)/t31-/m0/s1. The molecule has 20 heteroatoms. The molecule has 0 saturated carbocycles. The summed E-state index contributed by atoms with van der Waals surface area (Å²) < 4.78 is 20.2. The SMILES string of the molecule is C=CC(=O)Nc1cc(Nc2nc(-c3ccnc(N4CCn5c(cc6c5CC(C)(C)C6)C4=O)c3CO)cn(C)c2=O)ccc1N1CCN(C2CCN(c3ccnc(C(C)(C)OP(=O)(O)O)c3)CC2)C[C@@H]1C. The Balaban J connectivity index is 0.899. The maximum atomic E-state index is 14.1. The summed E-state index contributed by atoms with van der Waals surface area (Å²) in [7, 11) is -3.10. The average molecular weight is 976 g/mol. The third-order valence-corrected chi connectivity index (χ3v) is 14.8. The molecule has 7 heterocycles. The maximum absolute atomic E-state index is 14.1. The molecular formula is C50H62N11O8P. The lowest BCUT2D eigenvalue weighted by atomic mass is 9.90. The van der Waals surface area contributed by atoms with E-state index in [1.807, 2.05) is 30.3 Å². The third-order valence-electron chi connectivity index (χ3n) is 14.1. The average Bonchev–Trinajstić information content (AvgIpc) is 3.81. The number of pyridine rings is 2. The fourth-order valence-electron chi connectivity index (χ4n) is 10.8. The molecule has 4 aliphatic rings. The number of anilines is 6. The molecule has 4 aromatic heterocycles. The number of aliphatic hydroxyl groups is 1. The summed E-state index contributed by atoms with van der Waals surface area (Å²) in [5.41, 5.74) is 6.09. The minimum atomic E-state index is -4.73. The van der Waals surface area contributed by atoms with Crippen LogP contribution in [0.25, 0.3) is 11.3 Å². The van der Waals surface area contributed by atoms with Crippen LogP contribution in [0.4, 0.5) is 34.4 Å². The number of nitrogens with zero attached hydrogens (tertiary/aromatic N) is 9. The lowest BCUT2D eigenvalue weighted by molar-refractivity contribution is -0.111. The van der Waals surface area contributed by atoms with E-state index in [2.05, 4.69) is 67.2 Å². The van der Waals surface area contributed by atoms with Crippen LogP contribution in [-0.2, 0) is 52.5 Å². The molecule has 2 amide bonds. The van der Waals surface area contributed by atoms with Crippen LogP contribution in [0.2, 0.25) is 0 Å². The van der Waals surface area contributed by atoms with Crippen molar-refractivity contribution in [3.63, 3.8) is 0 Å². The lowest BCUT2D eigenvalue weighted by Gasteiger charge is -2.47. The number of aryl methyl sites for hydroxylation is 1. The van der Waals surface area contributed by atoms with Crippen molar-refractivity contribution in [1.29, 1.82) is 0 Å². The Morgan fingerprint density at radius 2 is 1.76 bits per heavy atom. The summed E-state index contributed by atoms with van der Waals surface area (Å²) in [6, 6.07) is 13.5. The van der Waals surface area contributed by atoms with Gasteiger partial charge in [0.25, 0.3) is 11.5 Å². The highest BCUT2D eigenvalue weighted by atomic mass is 31.2. The van der Waals surface area contributed by atoms with Crippen molar-refractivity contribution in [2.75, 3.05) is 64.6 Å². The van der Waals surface area contributed by atoms with Gasteiger partial charge in [-0.3, -0.25) is 33.7 Å². The number of benzene rings is 1. The molecule has 1 aliphatic carbocycles. The van der Waals surface area contributed by atoms with Gasteiger partial charge >= 0.3 is 7.82 Å². The van der Waals surface area contributed by atoms with Crippen LogP contribution in [0.3, 0.4) is 0 Å². The Hall–Kier alpha value is -6.21. The number of piperidine rings is 1. The highest BCUT2D eigenvalue weighted by Crippen LogP contribution is 2.45. The molecule has 1 aromatic carbocycles. The van der Waals surface area contributed by atoms with Gasteiger partial charge in [0.2, 0.25) is 5.91 Å². The summed E-state index contributed by atoms with van der Waals surface area (Å²) in [4.78, 5) is 81.9. The van der Waals surface area contributed by atoms with Crippen LogP contribution in [0.15, 0.2) is 78.5 Å². The lowest BCUT2D eigenvalue weighted by Crippen LogP contribution is -2.57. The molecule has 3 aliphatic heterocycles. The number of amides is 2. The molecule has 0 radical (unpaired) electrons. The van der Waals surface area contributed by atoms with Gasteiger partial charge in [0.1, 0.15) is 17.1 Å². The van der Waals surface area contributed by atoms with Crippen molar-refractivity contribution in [1.82, 2.24) is 29.0 Å². The number of carbonyl (C=O) groups is 2. The second-order valence-electron chi connectivity index (χ2n) is 20.1. The van der Waals surface area contributed by atoms with Gasteiger partial charge in [0.15, 0.2) is 5.82 Å². The monoisotopic (exact) mass is 975 g/mol. The highest BCUT2D eigenvalue weighted by Gasteiger charge is 2.39. The quantitative estimate of drug-likeness (QED) is 0.0705. The molecule has 19 nitrogen and oxygen atoms in total. The minimum absolute atomic E-state index is 0.0236. The molecule has 2 fully saturated rings. The van der Waals surface area contributed by atoms with E-state index in [1.54, 1.807) is 56.5 Å². The fraction of sp³-hybridized carbons (Fsp3) is 0.440. The smallest absolute Gasteiger partial charge is 0.392 e. The Bertz CT molecular complexity index is 2970. The molecule has 5 N–H and O–H groups in total. The zero-order valence-corrected chi connectivity index (χ0v) is 41.4. The van der Waals surface area contributed by atoms with Gasteiger partial charge < -0.3 is 44.5 Å². The Labute approximate surface area is 407 Å². The number of fused-ring (bicyclic) bond motifs is 3. The molecule has 2 saturated heterocycles. The number of carbonyl (C=O) groups excluding carboxylic acids is 2. The Morgan fingerprint density at radius 3 is 2.47 bits per heavy atom. The number of aromatic nitrogens is 5. The fourth-order valence-corrected chi connectivity index (χ4v) is 11.5. The van der Waals surface area contributed by atoms with Crippen molar-refractivity contribution in [3.8, 4) is 11.3 Å². The van der Waals surface area contributed by atoms with Gasteiger partial charge in [-0.15, -0.1) is 0 Å². The van der Waals surface area contributed by atoms with Gasteiger partial charge in [0.05, 0.1) is 29.4 Å². The number of aliphatic hydroxyl groups excluding tert-OH is 1. The predicted molar refractivity (Wildman–Crippen MR) is 268 cm³/mol. The molecule has 1 atom stereocenters. The largest absolute Gasteiger partial charge is 0.470 e. The van der Waals surface area contributed by atoms with Gasteiger partial charge in [-0.25, -0.2) is 14.5 Å². The van der Waals surface area contributed by atoms with Gasteiger partial charge in [0, 0.05) is 112 Å². The van der Waals surface area contributed by atoms with Crippen molar-refractivity contribution in [3.05, 3.63) is 112 Å². The van der Waals surface area contributed by atoms with Crippen LogP contribution in [0.1, 0.15) is 80.5 Å². The number of phosphoric ester groups is 1. The molecule has 9 rings (SSSR count). The first-order chi connectivity index (χ1) is 33.2. The van der Waals surface area contributed by atoms with Crippen LogP contribution in [0, 0.1) is 5.41 Å². The van der Waals surface area contributed by atoms with Crippen LogP contribution in [0.5, 0.6) is 0 Å². The van der Waals surface area contributed by atoms with E-state index in [-0.39, 0.29) is 29.1 Å². The van der Waals surface area contributed by atoms with Crippen molar-refractivity contribution < 1.29 is 33.6 Å². The van der Waals surface area contributed by atoms with Crippen molar-refractivity contribution >= 4 is 54.0 Å².